The van der Waals surface area contributed by atoms with E-state index in [0.29, 0.717) is 0 Å². The molecule has 0 aromatic heterocycles. The van der Waals surface area contributed by atoms with Crippen molar-refractivity contribution in [1.29, 1.82) is 0 Å². The molecule has 0 amide bonds. The third kappa shape index (κ3) is 340. The molecule has 0 spiro atoms. The quantitative estimate of drug-likeness (QED) is 0.281. The maximum atomic E-state index is 7.00. The van der Waals surface area contributed by atoms with Crippen LogP contribution in [0.5, 0.6) is 0 Å². The topological polar surface area (TPSA) is 138 Å². The fourth-order valence-electron chi connectivity index (χ4n) is 0. The van der Waals surface area contributed by atoms with Crippen LogP contribution in [-0.4, -0.2) is 0 Å². The second-order valence-electron chi connectivity index (χ2n) is 0. The molecule has 0 aromatic rings. The van der Waals surface area contributed by atoms with Crippen LogP contribution >= 0.6 is 0 Å². The molecule has 0 saturated carbocycles. The minimum absolute atomic E-state index is 0. The van der Waals surface area contributed by atoms with Gasteiger partial charge in [0, 0.05) is 0 Å². The summed E-state index contributed by atoms with van der Waals surface area (Å²) in [5, 5.41) is 42.0. The van der Waals surface area contributed by atoms with Crippen LogP contribution in [0.25, 0.3) is 0 Å². The molecule has 0 aromatic carbocycles. The van der Waals surface area contributed by atoms with Gasteiger partial charge in [-0.1, -0.05) is 0 Å². The van der Waals surface area contributed by atoms with Crippen molar-refractivity contribution in [2.75, 3.05) is 0 Å². The Morgan fingerprint density at radius 3 is 0.375 bits per heavy atom. The standard InChI is InChI=1S/2Cr.3O2/c;;3*1-2/q2*+3;3*-2. The molecule has 2 radical (unpaired) electrons. The van der Waals surface area contributed by atoms with Crippen molar-refractivity contribution in [3.05, 3.63) is 0 Å². The summed E-state index contributed by atoms with van der Waals surface area (Å²) >= 11 is 0. The fourth-order valence-corrected chi connectivity index (χ4v) is 0. The zero-order valence-electron chi connectivity index (χ0n) is 3.27. The molecular weight excluding hydrogens is 200 g/mol. The van der Waals surface area contributed by atoms with E-state index in [1.165, 1.54) is 0 Å². The zero-order chi connectivity index (χ0) is 6.00. The first-order valence-corrected chi connectivity index (χ1v) is 0.500. The van der Waals surface area contributed by atoms with E-state index in [9.17, 15) is 0 Å². The van der Waals surface area contributed by atoms with Crippen molar-refractivity contribution < 1.29 is 66.3 Å². The summed E-state index contributed by atoms with van der Waals surface area (Å²) < 4.78 is 0. The molecule has 0 fully saturated rings. The van der Waals surface area contributed by atoms with Gasteiger partial charge in [-0.3, -0.25) is 0 Å². The predicted octanol–water partition coefficient (Wildman–Crippen LogP) is -7.14. The van der Waals surface area contributed by atoms with E-state index < -0.39 is 0 Å². The van der Waals surface area contributed by atoms with Gasteiger partial charge in [0.15, 0.2) is 0 Å². The number of rotatable bonds is 0. The van der Waals surface area contributed by atoms with Gasteiger partial charge < -0.3 is 31.5 Å². The minimum atomic E-state index is 0. The van der Waals surface area contributed by atoms with E-state index in [1.54, 1.807) is 0 Å². The molecular formula is Cr2O6. The van der Waals surface area contributed by atoms with Crippen LogP contribution in [0.2, 0.25) is 0 Å². The average molecular weight is 200 g/mol. The Balaban J connectivity index is -0.00000000500. The zero-order valence-corrected chi connectivity index (χ0v) is 5.82. The van der Waals surface area contributed by atoms with Crippen LogP contribution in [0.1, 0.15) is 0 Å². The van der Waals surface area contributed by atoms with Crippen molar-refractivity contribution >= 4 is 0 Å². The normalized spacial score (nSPS) is 2.25. The van der Waals surface area contributed by atoms with E-state index in [0.717, 1.165) is 0 Å². The predicted molar refractivity (Wildman–Crippen MR) is 0 cm³/mol. The molecule has 0 N–H and O–H groups in total. The van der Waals surface area contributed by atoms with E-state index in [1.807, 2.05) is 0 Å². The van der Waals surface area contributed by atoms with Gasteiger partial charge in [0.05, 0.1) is 0 Å². The Kier molecular flexibility index (Phi) is 2470. The fraction of sp³-hybridized carbons (Fsp3) is 0. The molecule has 0 rings (SSSR count). The average Bonchev–Trinajstić information content (AvgIpc) is 1.81. The van der Waals surface area contributed by atoms with Gasteiger partial charge in [-0.2, -0.15) is 0 Å². The summed E-state index contributed by atoms with van der Waals surface area (Å²) in [5.41, 5.74) is 0. The summed E-state index contributed by atoms with van der Waals surface area (Å²) in [6, 6.07) is 0. The molecule has 8 heavy (non-hydrogen) atoms. The van der Waals surface area contributed by atoms with E-state index in [-0.39, 0.29) is 34.7 Å². The molecule has 0 aliphatic heterocycles. The smallest absolute Gasteiger partial charge is 1.00 e. The third-order valence-electron chi connectivity index (χ3n) is 0. The van der Waals surface area contributed by atoms with Crippen LogP contribution in [0.4, 0.5) is 0 Å². The SMILES string of the molecule is [Cr+3].[Cr+3].[O-][O-].[O-][O-].[O-][O-]. The maximum absolute atomic E-state index is 7.00. The third-order valence-corrected chi connectivity index (χ3v) is 0. The first-order chi connectivity index (χ1) is 3.00. The maximum Gasteiger partial charge on any atom is 3.00 e. The summed E-state index contributed by atoms with van der Waals surface area (Å²) in [4.78, 5) is 0. The molecule has 0 unspecified atom stereocenters. The summed E-state index contributed by atoms with van der Waals surface area (Å²) in [6.07, 6.45) is 0. The Morgan fingerprint density at radius 2 is 0.375 bits per heavy atom. The molecule has 0 saturated heterocycles. The number of hydrogen-bond donors (Lipinski definition) is 0. The van der Waals surface area contributed by atoms with E-state index in [4.69, 9.17) is 31.5 Å². The molecule has 0 bridgehead atoms. The first kappa shape index (κ1) is 36.9. The summed E-state index contributed by atoms with van der Waals surface area (Å²) in [6.45, 7) is 0. The van der Waals surface area contributed by atoms with Crippen molar-refractivity contribution in [2.24, 2.45) is 0 Å². The molecule has 0 atom stereocenters. The van der Waals surface area contributed by atoms with Crippen molar-refractivity contribution in [3.8, 4) is 0 Å². The van der Waals surface area contributed by atoms with Gasteiger partial charge in [0.25, 0.3) is 0 Å². The first-order valence-electron chi connectivity index (χ1n) is 0.500. The van der Waals surface area contributed by atoms with Gasteiger partial charge in [-0.15, -0.1) is 0 Å². The Labute approximate surface area is 66.7 Å². The van der Waals surface area contributed by atoms with Crippen LogP contribution in [-0.2, 0) is 34.7 Å². The van der Waals surface area contributed by atoms with Crippen molar-refractivity contribution in [2.45, 2.75) is 0 Å². The Hall–Kier alpha value is 0.825. The second kappa shape index (κ2) is 536. The van der Waals surface area contributed by atoms with E-state index >= 15 is 0 Å². The van der Waals surface area contributed by atoms with Gasteiger partial charge in [0.1, 0.15) is 0 Å². The molecule has 0 heterocycles. The Morgan fingerprint density at radius 1 is 0.375 bits per heavy atom. The van der Waals surface area contributed by atoms with Crippen LogP contribution < -0.4 is 31.5 Å². The summed E-state index contributed by atoms with van der Waals surface area (Å²) in [7, 11) is 0. The van der Waals surface area contributed by atoms with E-state index in [2.05, 4.69) is 0 Å². The monoisotopic (exact) mass is 200 g/mol. The Bertz CT molecular complexity index is 6.49. The molecule has 48 valence electrons. The molecule has 6 nitrogen and oxygen atoms in total. The van der Waals surface area contributed by atoms with Gasteiger partial charge in [-0.05, 0) is 0 Å². The molecule has 0 aliphatic rings. The van der Waals surface area contributed by atoms with Gasteiger partial charge in [-0.25, -0.2) is 0 Å². The van der Waals surface area contributed by atoms with Gasteiger partial charge >= 0.3 is 34.7 Å². The molecule has 8 heteroatoms. The van der Waals surface area contributed by atoms with Crippen LogP contribution in [0, 0.1) is 0 Å². The second-order valence-corrected chi connectivity index (χ2v) is 0. The van der Waals surface area contributed by atoms with Gasteiger partial charge in [0.2, 0.25) is 0 Å². The summed E-state index contributed by atoms with van der Waals surface area (Å²) in [5.74, 6) is 0. The van der Waals surface area contributed by atoms with Crippen molar-refractivity contribution in [1.82, 2.24) is 0 Å². The number of hydrogen-bond acceptors (Lipinski definition) is 6. The van der Waals surface area contributed by atoms with Crippen LogP contribution in [0.3, 0.4) is 0 Å². The van der Waals surface area contributed by atoms with Crippen molar-refractivity contribution in [3.63, 3.8) is 0 Å². The minimum Gasteiger partial charge on any atom is -1.00 e. The van der Waals surface area contributed by atoms with Crippen LogP contribution in [0.15, 0.2) is 0 Å². The molecule has 0 aliphatic carbocycles. The largest absolute Gasteiger partial charge is 3.00 e.